The van der Waals surface area contributed by atoms with Gasteiger partial charge in [-0.2, -0.15) is 5.26 Å². The van der Waals surface area contributed by atoms with Gasteiger partial charge in [-0.15, -0.1) is 0 Å². The molecule has 7 heteroatoms. The van der Waals surface area contributed by atoms with Crippen LogP contribution in [0.15, 0.2) is 71.9 Å². The number of aryl methyl sites for hydroxylation is 1. The molecular formula is C20H19N7. The van der Waals surface area contributed by atoms with Crippen molar-refractivity contribution in [2.24, 2.45) is 4.99 Å². The summed E-state index contributed by atoms with van der Waals surface area (Å²) in [6, 6.07) is 14.1. The number of nitrogens with one attached hydrogen (secondary N) is 2. The van der Waals surface area contributed by atoms with Crippen molar-refractivity contribution in [3.05, 3.63) is 72.5 Å². The molecule has 0 saturated carbocycles. The molecule has 1 unspecified atom stereocenters. The summed E-state index contributed by atoms with van der Waals surface area (Å²) in [4.78, 5) is 13.0. The van der Waals surface area contributed by atoms with Crippen molar-refractivity contribution >= 4 is 17.0 Å². The number of hydrogen-bond acceptors (Lipinski definition) is 4. The highest BCUT2D eigenvalue weighted by Gasteiger charge is 2.23. The van der Waals surface area contributed by atoms with E-state index in [1.807, 2.05) is 41.0 Å². The van der Waals surface area contributed by atoms with Gasteiger partial charge < -0.3 is 15.2 Å². The van der Waals surface area contributed by atoms with Crippen LogP contribution in [0.2, 0.25) is 0 Å². The number of aliphatic imine (C=N–C) groups is 1. The molecule has 0 fully saturated rings. The standard InChI is InChI=1S/C20H19N7/c21-12-16-13-24-20(23-9-3-4-15-7-10-22-11-8-15)26-19(16)27-14-25-17-5-1-2-6-18(17)27/h1-2,5-8,10-11,13-14,19H,3-4,9H2,(H2,23,24,26). The lowest BCUT2D eigenvalue weighted by atomic mass is 10.1. The second-order valence-corrected chi connectivity index (χ2v) is 6.23. The topological polar surface area (TPSA) is 90.9 Å². The molecular weight excluding hydrogens is 338 g/mol. The fourth-order valence-electron chi connectivity index (χ4n) is 3.09. The Labute approximate surface area is 157 Å². The fourth-order valence-corrected chi connectivity index (χ4v) is 3.09. The molecule has 3 heterocycles. The largest absolute Gasteiger partial charge is 0.332 e. The molecule has 0 amide bonds. The van der Waals surface area contributed by atoms with Crippen LogP contribution in [-0.2, 0) is 6.42 Å². The SMILES string of the molecule is N#CC1=CNC(=NCCCc2ccncc2)NC1n1cnc2ccccc21. The van der Waals surface area contributed by atoms with Crippen molar-refractivity contribution in [3.8, 4) is 6.07 Å². The normalized spacial score (nSPS) is 17.8. The van der Waals surface area contributed by atoms with Gasteiger partial charge in [-0.25, -0.2) is 4.98 Å². The van der Waals surface area contributed by atoms with E-state index in [2.05, 4.69) is 31.7 Å². The average Bonchev–Trinajstić information content (AvgIpc) is 3.16. The van der Waals surface area contributed by atoms with Gasteiger partial charge in [0.25, 0.3) is 0 Å². The summed E-state index contributed by atoms with van der Waals surface area (Å²) < 4.78 is 1.96. The van der Waals surface area contributed by atoms with E-state index in [1.165, 1.54) is 5.56 Å². The Morgan fingerprint density at radius 1 is 1.19 bits per heavy atom. The molecule has 0 bridgehead atoms. The van der Waals surface area contributed by atoms with Crippen LogP contribution in [0.4, 0.5) is 0 Å². The molecule has 3 aromatic rings. The molecule has 1 aliphatic heterocycles. The Morgan fingerprint density at radius 3 is 2.89 bits per heavy atom. The van der Waals surface area contributed by atoms with E-state index in [1.54, 1.807) is 24.9 Å². The number of fused-ring (bicyclic) bond motifs is 1. The number of benzene rings is 1. The zero-order valence-corrected chi connectivity index (χ0v) is 14.7. The van der Waals surface area contributed by atoms with E-state index in [-0.39, 0.29) is 6.17 Å². The Bertz CT molecular complexity index is 1030. The van der Waals surface area contributed by atoms with Crippen molar-refractivity contribution in [2.75, 3.05) is 6.54 Å². The summed E-state index contributed by atoms with van der Waals surface area (Å²) >= 11 is 0. The summed E-state index contributed by atoms with van der Waals surface area (Å²) in [6.07, 6.45) is 8.62. The van der Waals surface area contributed by atoms with Crippen LogP contribution in [-0.4, -0.2) is 27.0 Å². The maximum absolute atomic E-state index is 9.48. The predicted molar refractivity (Wildman–Crippen MR) is 104 cm³/mol. The highest BCUT2D eigenvalue weighted by atomic mass is 15.3. The van der Waals surface area contributed by atoms with Crippen molar-refractivity contribution in [2.45, 2.75) is 19.0 Å². The van der Waals surface area contributed by atoms with Gasteiger partial charge in [0.05, 0.1) is 22.9 Å². The van der Waals surface area contributed by atoms with Crippen molar-refractivity contribution < 1.29 is 0 Å². The molecule has 2 N–H and O–H groups in total. The van der Waals surface area contributed by atoms with Gasteiger partial charge in [0.15, 0.2) is 5.96 Å². The maximum Gasteiger partial charge on any atom is 0.197 e. The van der Waals surface area contributed by atoms with Crippen LogP contribution >= 0.6 is 0 Å². The molecule has 1 aliphatic rings. The van der Waals surface area contributed by atoms with Crippen LogP contribution in [0.5, 0.6) is 0 Å². The van der Waals surface area contributed by atoms with E-state index < -0.39 is 0 Å². The smallest absolute Gasteiger partial charge is 0.197 e. The molecule has 1 atom stereocenters. The second kappa shape index (κ2) is 7.70. The van der Waals surface area contributed by atoms with Gasteiger partial charge in [-0.3, -0.25) is 9.98 Å². The molecule has 27 heavy (non-hydrogen) atoms. The number of nitriles is 1. The fraction of sp³-hybridized carbons (Fsp3) is 0.200. The van der Waals surface area contributed by atoms with Crippen LogP contribution in [0.3, 0.4) is 0 Å². The molecule has 0 saturated heterocycles. The molecule has 7 nitrogen and oxygen atoms in total. The predicted octanol–water partition coefficient (Wildman–Crippen LogP) is 2.52. The Balaban J connectivity index is 1.47. The van der Waals surface area contributed by atoms with E-state index in [0.29, 0.717) is 18.1 Å². The third-order valence-corrected chi connectivity index (χ3v) is 4.46. The first kappa shape index (κ1) is 16.8. The number of rotatable bonds is 5. The van der Waals surface area contributed by atoms with Crippen LogP contribution < -0.4 is 10.6 Å². The molecule has 0 aliphatic carbocycles. The van der Waals surface area contributed by atoms with Crippen LogP contribution in [0.1, 0.15) is 18.2 Å². The lowest BCUT2D eigenvalue weighted by Crippen LogP contribution is -2.44. The molecule has 4 rings (SSSR count). The zero-order valence-electron chi connectivity index (χ0n) is 14.7. The second-order valence-electron chi connectivity index (χ2n) is 6.23. The summed E-state index contributed by atoms with van der Waals surface area (Å²) in [5.41, 5.74) is 3.69. The number of aromatic nitrogens is 3. The summed E-state index contributed by atoms with van der Waals surface area (Å²) in [7, 11) is 0. The highest BCUT2D eigenvalue weighted by Crippen LogP contribution is 2.22. The Kier molecular flexibility index (Phi) is 4.79. The van der Waals surface area contributed by atoms with Gasteiger partial charge >= 0.3 is 0 Å². The minimum absolute atomic E-state index is 0.331. The first-order chi connectivity index (χ1) is 13.3. The average molecular weight is 357 g/mol. The van der Waals surface area contributed by atoms with Gasteiger partial charge in [-0.1, -0.05) is 12.1 Å². The molecule has 134 valence electrons. The van der Waals surface area contributed by atoms with Crippen LogP contribution in [0.25, 0.3) is 11.0 Å². The first-order valence-electron chi connectivity index (χ1n) is 8.83. The molecule has 2 aromatic heterocycles. The Hall–Kier alpha value is -3.66. The van der Waals surface area contributed by atoms with E-state index in [0.717, 1.165) is 23.9 Å². The monoisotopic (exact) mass is 357 g/mol. The van der Waals surface area contributed by atoms with Gasteiger partial charge in [0.1, 0.15) is 12.2 Å². The number of hydrogen-bond donors (Lipinski definition) is 2. The molecule has 1 aromatic carbocycles. The number of nitrogens with zero attached hydrogens (tertiary/aromatic N) is 5. The number of imidazole rings is 1. The lowest BCUT2D eigenvalue weighted by molar-refractivity contribution is 0.543. The van der Waals surface area contributed by atoms with Gasteiger partial charge in [0.2, 0.25) is 0 Å². The lowest BCUT2D eigenvalue weighted by Gasteiger charge is -2.26. The third kappa shape index (κ3) is 3.65. The van der Waals surface area contributed by atoms with E-state index in [4.69, 9.17) is 0 Å². The van der Waals surface area contributed by atoms with Crippen molar-refractivity contribution in [1.82, 2.24) is 25.2 Å². The third-order valence-electron chi connectivity index (χ3n) is 4.46. The number of guanidine groups is 1. The van der Waals surface area contributed by atoms with Gasteiger partial charge in [0, 0.05) is 25.1 Å². The molecule has 0 radical (unpaired) electrons. The minimum Gasteiger partial charge on any atom is -0.332 e. The van der Waals surface area contributed by atoms with Crippen LogP contribution in [0, 0.1) is 11.3 Å². The minimum atomic E-state index is -0.331. The molecule has 0 spiro atoms. The quantitative estimate of drug-likeness (QED) is 0.685. The first-order valence-corrected chi connectivity index (χ1v) is 8.83. The van der Waals surface area contributed by atoms with E-state index >= 15 is 0 Å². The zero-order chi connectivity index (χ0) is 18.5. The number of pyridine rings is 1. The van der Waals surface area contributed by atoms with E-state index in [9.17, 15) is 5.26 Å². The summed E-state index contributed by atoms with van der Waals surface area (Å²) in [6.45, 7) is 0.685. The van der Waals surface area contributed by atoms with Crippen molar-refractivity contribution in [1.29, 1.82) is 5.26 Å². The Morgan fingerprint density at radius 2 is 2.04 bits per heavy atom. The summed E-state index contributed by atoms with van der Waals surface area (Å²) in [5.74, 6) is 0.659. The summed E-state index contributed by atoms with van der Waals surface area (Å²) in [5, 5.41) is 15.9. The van der Waals surface area contributed by atoms with Gasteiger partial charge in [-0.05, 0) is 42.7 Å². The maximum atomic E-state index is 9.48. The number of para-hydroxylation sites is 2. The van der Waals surface area contributed by atoms with Crippen molar-refractivity contribution in [3.63, 3.8) is 0 Å². The highest BCUT2D eigenvalue weighted by molar-refractivity contribution is 5.83.